The Morgan fingerprint density at radius 2 is 2.14 bits per heavy atom. The summed E-state index contributed by atoms with van der Waals surface area (Å²) >= 11 is 5.67. The normalized spacial score (nSPS) is 21.5. The van der Waals surface area contributed by atoms with Crippen LogP contribution in [0.5, 0.6) is 0 Å². The lowest BCUT2D eigenvalue weighted by Gasteiger charge is -2.32. The second-order valence-electron chi connectivity index (χ2n) is 5.18. The fraction of sp³-hybridized carbons (Fsp3) is 0.533. The Labute approximate surface area is 127 Å². The van der Waals surface area contributed by atoms with Crippen molar-refractivity contribution >= 4 is 17.5 Å². The fourth-order valence-electron chi connectivity index (χ4n) is 2.84. The molecule has 1 fully saturated rings. The van der Waals surface area contributed by atoms with Crippen LogP contribution in [0, 0.1) is 11.6 Å². The minimum absolute atomic E-state index is 0.0394. The van der Waals surface area contributed by atoms with E-state index in [2.05, 4.69) is 0 Å². The third-order valence-corrected chi connectivity index (χ3v) is 4.12. The lowest BCUT2D eigenvalue weighted by atomic mass is 10.1. The smallest absolute Gasteiger partial charge is 0.238 e. The van der Waals surface area contributed by atoms with Gasteiger partial charge in [0.15, 0.2) is 11.6 Å². The topological polar surface area (TPSA) is 29.5 Å². The van der Waals surface area contributed by atoms with E-state index in [9.17, 15) is 13.6 Å². The van der Waals surface area contributed by atoms with Crippen LogP contribution in [0.3, 0.4) is 0 Å². The summed E-state index contributed by atoms with van der Waals surface area (Å²) in [6.45, 7) is 0.202. The van der Waals surface area contributed by atoms with E-state index in [1.807, 2.05) is 0 Å². The van der Waals surface area contributed by atoms with Gasteiger partial charge in [-0.2, -0.15) is 0 Å². The first kappa shape index (κ1) is 16.2. The van der Waals surface area contributed by atoms with Crippen molar-refractivity contribution in [2.24, 2.45) is 0 Å². The number of alkyl halides is 1. The molecule has 116 valence electrons. The minimum atomic E-state index is -0.916. The minimum Gasteiger partial charge on any atom is -0.379 e. The Morgan fingerprint density at radius 1 is 1.38 bits per heavy atom. The number of carbonyl (C=O) groups is 1. The lowest BCUT2D eigenvalue weighted by Crippen LogP contribution is -2.45. The van der Waals surface area contributed by atoms with Crippen LogP contribution in [0.15, 0.2) is 18.2 Å². The van der Waals surface area contributed by atoms with Crippen LogP contribution in [-0.2, 0) is 16.1 Å². The van der Waals surface area contributed by atoms with Gasteiger partial charge in [0.2, 0.25) is 5.91 Å². The van der Waals surface area contributed by atoms with Crippen molar-refractivity contribution < 1.29 is 18.3 Å². The van der Waals surface area contributed by atoms with E-state index in [0.29, 0.717) is 5.56 Å². The van der Waals surface area contributed by atoms with Crippen molar-refractivity contribution in [1.29, 1.82) is 0 Å². The third kappa shape index (κ3) is 3.71. The molecule has 0 spiro atoms. The number of benzene rings is 1. The number of hydrogen-bond donors (Lipinski definition) is 0. The van der Waals surface area contributed by atoms with E-state index in [4.69, 9.17) is 16.3 Å². The Hall–Kier alpha value is -1.20. The van der Waals surface area contributed by atoms with E-state index < -0.39 is 11.6 Å². The zero-order chi connectivity index (χ0) is 15.4. The van der Waals surface area contributed by atoms with Crippen molar-refractivity contribution in [3.8, 4) is 0 Å². The first-order chi connectivity index (χ1) is 10.1. The SMILES string of the molecule is CO[C@@H]1CCC[C@@H]1N(Cc1ccc(F)c(F)c1)C(=O)CCl. The quantitative estimate of drug-likeness (QED) is 0.781. The Kier molecular flexibility index (Phi) is 5.53. The molecule has 1 aliphatic carbocycles. The third-order valence-electron chi connectivity index (χ3n) is 3.89. The molecule has 1 saturated carbocycles. The maximum atomic E-state index is 13.3. The monoisotopic (exact) mass is 317 g/mol. The molecule has 0 radical (unpaired) electrons. The molecule has 6 heteroatoms. The van der Waals surface area contributed by atoms with Crippen molar-refractivity contribution in [3.63, 3.8) is 0 Å². The van der Waals surface area contributed by atoms with Crippen LogP contribution in [0.4, 0.5) is 8.78 Å². The molecule has 1 aromatic carbocycles. The number of ether oxygens (including phenoxy) is 1. The van der Waals surface area contributed by atoms with Gasteiger partial charge in [0.1, 0.15) is 5.88 Å². The summed E-state index contributed by atoms with van der Waals surface area (Å²) in [7, 11) is 1.61. The molecule has 0 bridgehead atoms. The van der Waals surface area contributed by atoms with Gasteiger partial charge in [0, 0.05) is 13.7 Å². The molecule has 2 atom stereocenters. The molecule has 0 heterocycles. The molecule has 0 aromatic heterocycles. The van der Waals surface area contributed by atoms with Crippen LogP contribution >= 0.6 is 11.6 Å². The van der Waals surface area contributed by atoms with Crippen molar-refractivity contribution in [1.82, 2.24) is 4.90 Å². The Morgan fingerprint density at radius 3 is 2.76 bits per heavy atom. The highest BCUT2D eigenvalue weighted by atomic mass is 35.5. The molecule has 21 heavy (non-hydrogen) atoms. The van der Waals surface area contributed by atoms with Gasteiger partial charge in [-0.05, 0) is 37.0 Å². The summed E-state index contributed by atoms with van der Waals surface area (Å²) in [4.78, 5) is 13.7. The molecule has 3 nitrogen and oxygen atoms in total. The van der Waals surface area contributed by atoms with Crippen molar-refractivity contribution in [3.05, 3.63) is 35.4 Å². The molecule has 1 aliphatic rings. The van der Waals surface area contributed by atoms with Crippen molar-refractivity contribution in [2.75, 3.05) is 13.0 Å². The highest BCUT2D eigenvalue weighted by molar-refractivity contribution is 6.27. The summed E-state index contributed by atoms with van der Waals surface area (Å²) in [6.07, 6.45) is 2.63. The van der Waals surface area contributed by atoms with Gasteiger partial charge in [-0.15, -0.1) is 11.6 Å². The maximum Gasteiger partial charge on any atom is 0.238 e. The van der Waals surface area contributed by atoms with Crippen LogP contribution in [-0.4, -0.2) is 35.9 Å². The molecule has 0 unspecified atom stereocenters. The summed E-state index contributed by atoms with van der Waals surface area (Å²) in [5, 5.41) is 0. The first-order valence-electron chi connectivity index (χ1n) is 6.89. The van der Waals surface area contributed by atoms with Crippen LogP contribution < -0.4 is 0 Å². The maximum absolute atomic E-state index is 13.3. The molecule has 0 saturated heterocycles. The highest BCUT2D eigenvalue weighted by Gasteiger charge is 2.34. The number of rotatable bonds is 5. The fourth-order valence-corrected chi connectivity index (χ4v) is 2.99. The van der Waals surface area contributed by atoms with E-state index in [0.717, 1.165) is 31.4 Å². The largest absolute Gasteiger partial charge is 0.379 e. The van der Waals surface area contributed by atoms with Gasteiger partial charge in [-0.25, -0.2) is 8.78 Å². The van der Waals surface area contributed by atoms with Crippen molar-refractivity contribution in [2.45, 2.75) is 38.0 Å². The van der Waals surface area contributed by atoms with Gasteiger partial charge < -0.3 is 9.64 Å². The standard InChI is InChI=1S/C15H18ClF2NO2/c1-21-14-4-2-3-13(14)19(15(20)8-16)9-10-5-6-11(17)12(18)7-10/h5-7,13-14H,2-4,8-9H2,1H3/t13-,14+/m0/s1. The number of amides is 1. The van der Waals surface area contributed by atoms with Crippen LogP contribution in [0.1, 0.15) is 24.8 Å². The molecule has 1 amide bonds. The van der Waals surface area contributed by atoms with Crippen LogP contribution in [0.2, 0.25) is 0 Å². The highest BCUT2D eigenvalue weighted by Crippen LogP contribution is 2.28. The zero-order valence-corrected chi connectivity index (χ0v) is 12.6. The molecule has 0 N–H and O–H groups in total. The second kappa shape index (κ2) is 7.18. The van der Waals surface area contributed by atoms with E-state index in [-0.39, 0.29) is 30.5 Å². The molecular formula is C15H18ClF2NO2. The summed E-state index contributed by atoms with van der Waals surface area (Å²) in [6, 6.07) is 3.58. The number of halogens is 3. The Bertz CT molecular complexity index is 512. The zero-order valence-electron chi connectivity index (χ0n) is 11.8. The van der Waals surface area contributed by atoms with E-state index in [1.54, 1.807) is 12.0 Å². The molecular weight excluding hydrogens is 300 g/mol. The summed E-state index contributed by atoms with van der Waals surface area (Å²) < 4.78 is 31.7. The van der Waals surface area contributed by atoms with Gasteiger partial charge >= 0.3 is 0 Å². The Balaban J connectivity index is 2.20. The number of nitrogens with zero attached hydrogens (tertiary/aromatic N) is 1. The number of carbonyl (C=O) groups excluding carboxylic acids is 1. The van der Waals surface area contributed by atoms with Crippen LogP contribution in [0.25, 0.3) is 0 Å². The van der Waals surface area contributed by atoms with Gasteiger partial charge in [-0.1, -0.05) is 6.07 Å². The second-order valence-corrected chi connectivity index (χ2v) is 5.44. The first-order valence-corrected chi connectivity index (χ1v) is 7.42. The predicted molar refractivity (Wildman–Crippen MR) is 76.1 cm³/mol. The average Bonchev–Trinajstić information content (AvgIpc) is 2.95. The van der Waals surface area contributed by atoms with E-state index in [1.165, 1.54) is 6.07 Å². The summed E-state index contributed by atoms with van der Waals surface area (Å²) in [5.41, 5.74) is 0.536. The summed E-state index contributed by atoms with van der Waals surface area (Å²) in [5.74, 6) is -2.18. The molecule has 1 aromatic rings. The number of methoxy groups -OCH3 is 1. The molecule has 2 rings (SSSR count). The molecule has 0 aliphatic heterocycles. The van der Waals surface area contributed by atoms with E-state index >= 15 is 0 Å². The van der Waals surface area contributed by atoms with Gasteiger partial charge in [0.25, 0.3) is 0 Å². The van der Waals surface area contributed by atoms with Gasteiger partial charge in [-0.3, -0.25) is 4.79 Å². The number of hydrogen-bond acceptors (Lipinski definition) is 2. The predicted octanol–water partition coefficient (Wildman–Crippen LogP) is 3.10. The van der Waals surface area contributed by atoms with Gasteiger partial charge in [0.05, 0.1) is 12.1 Å². The lowest BCUT2D eigenvalue weighted by molar-refractivity contribution is -0.134. The average molecular weight is 318 g/mol.